The molecule has 0 saturated heterocycles. The lowest BCUT2D eigenvalue weighted by atomic mass is 10.1. The molecule has 3 aromatic rings. The molecule has 172 valence electrons. The molecule has 0 bridgehead atoms. The molecule has 1 N–H and O–H groups in total. The van der Waals surface area contributed by atoms with E-state index in [1.54, 1.807) is 6.07 Å². The minimum absolute atomic E-state index is 0.00832. The van der Waals surface area contributed by atoms with E-state index in [4.69, 9.17) is 20.8 Å². The Morgan fingerprint density at radius 1 is 1.16 bits per heavy atom. The standard InChI is InChI=1S/C21H19ClF3NO5S/c1-2-32(28,29)26-9-4-10-30-18-11-13(21(23,24)25)7-8-15(18)19-12-17(27)14-5-3-6-16(22)20(14)31-19/h3,5-8,11-12,26H,2,4,9-10H2,1H3. The normalized spacial score (nSPS) is 12.3. The highest BCUT2D eigenvalue weighted by Crippen LogP contribution is 2.38. The van der Waals surface area contributed by atoms with E-state index in [2.05, 4.69) is 4.72 Å². The number of fused-ring (bicyclic) bond motifs is 1. The van der Waals surface area contributed by atoms with Gasteiger partial charge in [-0.05, 0) is 43.7 Å². The first-order valence-corrected chi connectivity index (χ1v) is 11.6. The van der Waals surface area contributed by atoms with Gasteiger partial charge in [0, 0.05) is 12.6 Å². The van der Waals surface area contributed by atoms with Crippen molar-refractivity contribution in [2.75, 3.05) is 18.9 Å². The Balaban J connectivity index is 1.95. The molecule has 0 aliphatic carbocycles. The average molecular weight is 490 g/mol. The van der Waals surface area contributed by atoms with Crippen LogP contribution >= 0.6 is 11.6 Å². The fraction of sp³-hybridized carbons (Fsp3) is 0.286. The molecule has 0 unspecified atom stereocenters. The van der Waals surface area contributed by atoms with Gasteiger partial charge in [-0.1, -0.05) is 17.7 Å². The van der Waals surface area contributed by atoms with Crippen LogP contribution in [-0.2, 0) is 16.2 Å². The molecule has 11 heteroatoms. The molecule has 0 fully saturated rings. The second-order valence-electron chi connectivity index (χ2n) is 6.80. The number of nitrogens with one attached hydrogen (secondary N) is 1. The maximum absolute atomic E-state index is 13.2. The number of alkyl halides is 3. The summed E-state index contributed by atoms with van der Waals surface area (Å²) in [6.07, 6.45) is -4.40. The quantitative estimate of drug-likeness (QED) is 0.458. The molecule has 0 atom stereocenters. The highest BCUT2D eigenvalue weighted by molar-refractivity contribution is 7.89. The van der Waals surface area contributed by atoms with Crippen molar-refractivity contribution in [3.8, 4) is 17.1 Å². The van der Waals surface area contributed by atoms with Gasteiger partial charge in [0.25, 0.3) is 0 Å². The van der Waals surface area contributed by atoms with Crippen LogP contribution in [0.25, 0.3) is 22.3 Å². The summed E-state index contributed by atoms with van der Waals surface area (Å²) in [6.45, 7) is 1.47. The molecule has 3 rings (SSSR count). The summed E-state index contributed by atoms with van der Waals surface area (Å²) in [5, 5.41) is 0.415. The Hall–Kier alpha value is -2.56. The summed E-state index contributed by atoms with van der Waals surface area (Å²) in [6, 6.07) is 8.61. The first-order valence-electron chi connectivity index (χ1n) is 9.56. The van der Waals surface area contributed by atoms with Crippen LogP contribution in [0.3, 0.4) is 0 Å². The van der Waals surface area contributed by atoms with E-state index in [1.165, 1.54) is 19.1 Å². The molecule has 1 heterocycles. The Labute approximate surface area is 187 Å². The molecule has 0 spiro atoms. The van der Waals surface area contributed by atoms with Gasteiger partial charge in [-0.15, -0.1) is 0 Å². The van der Waals surface area contributed by atoms with Gasteiger partial charge in [-0.3, -0.25) is 4.79 Å². The smallest absolute Gasteiger partial charge is 0.416 e. The highest BCUT2D eigenvalue weighted by Gasteiger charge is 2.31. The summed E-state index contributed by atoms with van der Waals surface area (Å²) in [5.41, 5.74) is -1.12. The van der Waals surface area contributed by atoms with Crippen molar-refractivity contribution in [3.63, 3.8) is 0 Å². The number of hydrogen-bond acceptors (Lipinski definition) is 5. The number of halogens is 4. The van der Waals surface area contributed by atoms with E-state index in [-0.39, 0.29) is 58.4 Å². The van der Waals surface area contributed by atoms with Crippen molar-refractivity contribution < 1.29 is 30.7 Å². The van der Waals surface area contributed by atoms with Crippen LogP contribution in [0.15, 0.2) is 51.7 Å². The minimum atomic E-state index is -4.61. The van der Waals surface area contributed by atoms with Crippen LogP contribution < -0.4 is 14.9 Å². The molecule has 0 radical (unpaired) electrons. The van der Waals surface area contributed by atoms with Gasteiger partial charge < -0.3 is 9.15 Å². The van der Waals surface area contributed by atoms with E-state index in [0.717, 1.165) is 24.3 Å². The predicted octanol–water partition coefficient (Wildman–Crippen LogP) is 4.84. The number of ether oxygens (including phenoxy) is 1. The second kappa shape index (κ2) is 9.51. The molecule has 0 aliphatic rings. The molecular weight excluding hydrogens is 471 g/mol. The fourth-order valence-electron chi connectivity index (χ4n) is 2.88. The topological polar surface area (TPSA) is 85.6 Å². The maximum atomic E-state index is 13.2. The molecule has 0 saturated carbocycles. The van der Waals surface area contributed by atoms with Gasteiger partial charge >= 0.3 is 6.18 Å². The molecule has 0 aliphatic heterocycles. The molecule has 32 heavy (non-hydrogen) atoms. The fourth-order valence-corrected chi connectivity index (χ4v) is 3.75. The zero-order chi connectivity index (χ0) is 23.5. The maximum Gasteiger partial charge on any atom is 0.416 e. The third kappa shape index (κ3) is 5.62. The second-order valence-corrected chi connectivity index (χ2v) is 9.30. The first kappa shape index (κ1) is 24.1. The van der Waals surface area contributed by atoms with E-state index in [9.17, 15) is 26.4 Å². The molecule has 6 nitrogen and oxygen atoms in total. The Kier molecular flexibility index (Phi) is 7.16. The summed E-state index contributed by atoms with van der Waals surface area (Å²) >= 11 is 6.11. The van der Waals surface area contributed by atoms with Crippen LogP contribution in [0.2, 0.25) is 5.02 Å². The summed E-state index contributed by atoms with van der Waals surface area (Å²) in [4.78, 5) is 12.5. The van der Waals surface area contributed by atoms with Gasteiger partial charge in [0.1, 0.15) is 11.5 Å². The van der Waals surface area contributed by atoms with Gasteiger partial charge in [-0.2, -0.15) is 13.2 Å². The lowest BCUT2D eigenvalue weighted by Crippen LogP contribution is -2.27. The van der Waals surface area contributed by atoms with Crippen LogP contribution in [0.4, 0.5) is 13.2 Å². The number of para-hydroxylation sites is 1. The molecule has 2 aromatic carbocycles. The third-order valence-corrected chi connectivity index (χ3v) is 6.26. The van der Waals surface area contributed by atoms with E-state index in [0.29, 0.717) is 0 Å². The monoisotopic (exact) mass is 489 g/mol. The predicted molar refractivity (Wildman–Crippen MR) is 116 cm³/mol. The van der Waals surface area contributed by atoms with Gasteiger partial charge in [-0.25, -0.2) is 13.1 Å². The van der Waals surface area contributed by atoms with Gasteiger partial charge in [0.05, 0.1) is 33.9 Å². The van der Waals surface area contributed by atoms with Crippen LogP contribution in [-0.4, -0.2) is 27.3 Å². The lowest BCUT2D eigenvalue weighted by molar-refractivity contribution is -0.137. The van der Waals surface area contributed by atoms with Crippen molar-refractivity contribution in [2.24, 2.45) is 0 Å². The third-order valence-electron chi connectivity index (χ3n) is 4.56. The molecular formula is C21H19ClF3NO5S. The van der Waals surface area contributed by atoms with E-state index in [1.807, 2.05) is 0 Å². The van der Waals surface area contributed by atoms with Crippen molar-refractivity contribution in [2.45, 2.75) is 19.5 Å². The number of hydrogen-bond donors (Lipinski definition) is 1. The number of rotatable bonds is 8. The highest BCUT2D eigenvalue weighted by atomic mass is 35.5. The van der Waals surface area contributed by atoms with Crippen LogP contribution in [0.1, 0.15) is 18.9 Å². The van der Waals surface area contributed by atoms with Crippen molar-refractivity contribution in [3.05, 3.63) is 63.3 Å². The summed E-state index contributed by atoms with van der Waals surface area (Å²) in [7, 11) is -3.39. The lowest BCUT2D eigenvalue weighted by Gasteiger charge is -2.15. The number of sulfonamides is 1. The average Bonchev–Trinajstić information content (AvgIpc) is 2.73. The van der Waals surface area contributed by atoms with Gasteiger partial charge in [0.2, 0.25) is 10.0 Å². The van der Waals surface area contributed by atoms with E-state index < -0.39 is 27.2 Å². The molecule has 0 amide bonds. The van der Waals surface area contributed by atoms with Crippen molar-refractivity contribution in [1.29, 1.82) is 0 Å². The van der Waals surface area contributed by atoms with E-state index >= 15 is 0 Å². The first-order chi connectivity index (χ1) is 15.0. The summed E-state index contributed by atoms with van der Waals surface area (Å²) < 4.78 is 76.2. The zero-order valence-electron chi connectivity index (χ0n) is 16.8. The Bertz CT molecular complexity index is 1290. The minimum Gasteiger partial charge on any atom is -0.493 e. The SMILES string of the molecule is CCS(=O)(=O)NCCCOc1cc(C(F)(F)F)ccc1-c1cc(=O)c2cccc(Cl)c2o1. The zero-order valence-corrected chi connectivity index (χ0v) is 18.4. The van der Waals surface area contributed by atoms with Crippen molar-refractivity contribution in [1.82, 2.24) is 4.72 Å². The summed E-state index contributed by atoms with van der Waals surface area (Å²) in [5.74, 6) is -0.256. The molecule has 1 aromatic heterocycles. The van der Waals surface area contributed by atoms with Crippen molar-refractivity contribution >= 4 is 32.6 Å². The Morgan fingerprint density at radius 2 is 1.91 bits per heavy atom. The Morgan fingerprint density at radius 3 is 2.59 bits per heavy atom. The van der Waals surface area contributed by atoms with Crippen LogP contribution in [0, 0.1) is 0 Å². The van der Waals surface area contributed by atoms with Gasteiger partial charge in [0.15, 0.2) is 11.0 Å². The number of benzene rings is 2. The van der Waals surface area contributed by atoms with Crippen LogP contribution in [0.5, 0.6) is 5.75 Å². The largest absolute Gasteiger partial charge is 0.493 e.